The highest BCUT2D eigenvalue weighted by Gasteiger charge is 2.28. The number of fused-ring (bicyclic) bond motifs is 1. The maximum atomic E-state index is 12.7. The molecule has 0 aliphatic carbocycles. The molecule has 0 spiro atoms. The van der Waals surface area contributed by atoms with Gasteiger partial charge in [-0.2, -0.15) is 4.37 Å². The highest BCUT2D eigenvalue weighted by molar-refractivity contribution is 7.09. The van der Waals surface area contributed by atoms with Gasteiger partial charge in [-0.3, -0.25) is 4.79 Å². The number of hydrogen-bond donors (Lipinski definition) is 1. The molecule has 1 aliphatic heterocycles. The van der Waals surface area contributed by atoms with E-state index in [-0.39, 0.29) is 11.9 Å². The highest BCUT2D eigenvalue weighted by Crippen LogP contribution is 2.28. The van der Waals surface area contributed by atoms with Crippen LogP contribution < -0.4 is 10.2 Å². The van der Waals surface area contributed by atoms with Crippen LogP contribution in [0.2, 0.25) is 0 Å². The Bertz CT molecular complexity index is 688. The summed E-state index contributed by atoms with van der Waals surface area (Å²) >= 11 is 1.28. The molecule has 1 aliphatic rings. The van der Waals surface area contributed by atoms with Gasteiger partial charge in [-0.25, -0.2) is 4.98 Å². The fourth-order valence-corrected chi connectivity index (χ4v) is 3.35. The lowest BCUT2D eigenvalue weighted by Crippen LogP contribution is -2.40. The molecule has 0 unspecified atom stereocenters. The standard InChI is InChI=1S/C16H20N4O2S/c1-11(17-16-18-14(19-23-16)8-10-22-2)15(21)20-9-7-12-5-3-4-6-13(12)20/h3-6,11H,7-10H2,1-2H3,(H,17,18,19)/t11-/m1/s1. The zero-order chi connectivity index (χ0) is 16.2. The third-order valence-electron chi connectivity index (χ3n) is 3.86. The first kappa shape index (κ1) is 15.9. The summed E-state index contributed by atoms with van der Waals surface area (Å²) < 4.78 is 9.28. The molecule has 1 N–H and O–H groups in total. The number of carbonyl (C=O) groups excluding carboxylic acids is 1. The number of aromatic nitrogens is 2. The molecule has 6 nitrogen and oxygen atoms in total. The maximum absolute atomic E-state index is 12.7. The van der Waals surface area contributed by atoms with Crippen LogP contribution in [0.5, 0.6) is 0 Å². The number of methoxy groups -OCH3 is 1. The van der Waals surface area contributed by atoms with Crippen LogP contribution in [-0.4, -0.2) is 41.6 Å². The number of rotatable bonds is 6. The van der Waals surface area contributed by atoms with Gasteiger partial charge in [0.1, 0.15) is 11.9 Å². The van der Waals surface area contributed by atoms with Crippen LogP contribution in [0.15, 0.2) is 24.3 Å². The normalized spacial score (nSPS) is 14.6. The van der Waals surface area contributed by atoms with Crippen molar-refractivity contribution in [3.8, 4) is 0 Å². The summed E-state index contributed by atoms with van der Waals surface area (Å²) in [4.78, 5) is 18.9. The Labute approximate surface area is 139 Å². The Morgan fingerprint density at radius 3 is 3.13 bits per heavy atom. The minimum atomic E-state index is -0.343. The van der Waals surface area contributed by atoms with Crippen LogP contribution in [0.3, 0.4) is 0 Å². The summed E-state index contributed by atoms with van der Waals surface area (Å²) in [7, 11) is 1.65. The van der Waals surface area contributed by atoms with Crippen molar-refractivity contribution in [1.82, 2.24) is 9.36 Å². The number of nitrogens with one attached hydrogen (secondary N) is 1. The maximum Gasteiger partial charge on any atom is 0.249 e. The van der Waals surface area contributed by atoms with Gasteiger partial charge in [-0.1, -0.05) is 18.2 Å². The molecule has 0 fully saturated rings. The van der Waals surface area contributed by atoms with Crippen molar-refractivity contribution in [2.45, 2.75) is 25.8 Å². The third-order valence-corrected chi connectivity index (χ3v) is 4.55. The largest absolute Gasteiger partial charge is 0.384 e. The summed E-state index contributed by atoms with van der Waals surface area (Å²) in [6.07, 6.45) is 1.59. The molecule has 1 amide bonds. The average Bonchev–Trinajstić information content (AvgIpc) is 3.18. The summed E-state index contributed by atoms with van der Waals surface area (Å²) in [5.41, 5.74) is 2.25. The van der Waals surface area contributed by atoms with Crippen molar-refractivity contribution in [1.29, 1.82) is 0 Å². The van der Waals surface area contributed by atoms with E-state index in [2.05, 4.69) is 20.7 Å². The van der Waals surface area contributed by atoms with Crippen molar-refractivity contribution in [3.05, 3.63) is 35.7 Å². The predicted octanol–water partition coefficient (Wildman–Crippen LogP) is 2.12. The number of benzene rings is 1. The van der Waals surface area contributed by atoms with Gasteiger partial charge in [0, 0.05) is 37.3 Å². The quantitative estimate of drug-likeness (QED) is 0.877. The summed E-state index contributed by atoms with van der Waals surface area (Å²) in [5.74, 6) is 0.800. The van der Waals surface area contributed by atoms with Crippen LogP contribution in [0.4, 0.5) is 10.8 Å². The van der Waals surface area contributed by atoms with Gasteiger partial charge in [0.05, 0.1) is 6.61 Å². The van der Waals surface area contributed by atoms with Gasteiger partial charge in [0.2, 0.25) is 11.0 Å². The number of anilines is 2. The first-order valence-electron chi connectivity index (χ1n) is 7.66. The topological polar surface area (TPSA) is 67.3 Å². The molecule has 1 aromatic heterocycles. The van der Waals surface area contributed by atoms with E-state index in [4.69, 9.17) is 4.74 Å². The first-order valence-corrected chi connectivity index (χ1v) is 8.43. The summed E-state index contributed by atoms with van der Waals surface area (Å²) in [6.45, 7) is 3.19. The van der Waals surface area contributed by atoms with E-state index in [1.54, 1.807) is 7.11 Å². The van der Waals surface area contributed by atoms with Gasteiger partial charge < -0.3 is 15.0 Å². The van der Waals surface area contributed by atoms with E-state index in [0.29, 0.717) is 18.2 Å². The molecule has 0 bridgehead atoms. The minimum Gasteiger partial charge on any atom is -0.384 e. The fourth-order valence-electron chi connectivity index (χ4n) is 2.66. The molecule has 0 saturated heterocycles. The van der Waals surface area contributed by atoms with Gasteiger partial charge in [0.15, 0.2) is 0 Å². The van der Waals surface area contributed by atoms with E-state index >= 15 is 0 Å². The Hall–Kier alpha value is -1.99. The molecular weight excluding hydrogens is 312 g/mol. The molecule has 1 aromatic carbocycles. The molecule has 3 rings (SSSR count). The molecule has 2 heterocycles. The number of para-hydroxylation sites is 1. The van der Waals surface area contributed by atoms with Crippen molar-refractivity contribution in [2.75, 3.05) is 30.5 Å². The second-order valence-corrected chi connectivity index (χ2v) is 6.25. The molecular formula is C16H20N4O2S. The van der Waals surface area contributed by atoms with Gasteiger partial charge in [-0.15, -0.1) is 0 Å². The molecule has 0 radical (unpaired) electrons. The van der Waals surface area contributed by atoms with Crippen LogP contribution in [0.25, 0.3) is 0 Å². The fraction of sp³-hybridized carbons (Fsp3) is 0.438. The number of nitrogens with zero attached hydrogens (tertiary/aromatic N) is 3. The summed E-state index contributed by atoms with van der Waals surface area (Å²) in [5, 5.41) is 3.83. The van der Waals surface area contributed by atoms with E-state index in [0.717, 1.165) is 24.5 Å². The van der Waals surface area contributed by atoms with Crippen molar-refractivity contribution >= 4 is 28.3 Å². The zero-order valence-electron chi connectivity index (χ0n) is 13.3. The van der Waals surface area contributed by atoms with E-state index in [1.165, 1.54) is 17.1 Å². The Balaban J connectivity index is 1.63. The Morgan fingerprint density at radius 1 is 1.48 bits per heavy atom. The molecule has 23 heavy (non-hydrogen) atoms. The number of hydrogen-bond acceptors (Lipinski definition) is 6. The Morgan fingerprint density at radius 2 is 2.30 bits per heavy atom. The summed E-state index contributed by atoms with van der Waals surface area (Å²) in [6, 6.07) is 7.71. The van der Waals surface area contributed by atoms with Crippen LogP contribution in [0.1, 0.15) is 18.3 Å². The monoisotopic (exact) mass is 332 g/mol. The first-order chi connectivity index (χ1) is 11.2. The lowest BCUT2D eigenvalue weighted by Gasteiger charge is -2.22. The average molecular weight is 332 g/mol. The predicted molar refractivity (Wildman–Crippen MR) is 91.1 cm³/mol. The minimum absolute atomic E-state index is 0.0589. The van der Waals surface area contributed by atoms with E-state index < -0.39 is 0 Å². The van der Waals surface area contributed by atoms with Gasteiger partial charge in [-0.05, 0) is 25.0 Å². The molecule has 7 heteroatoms. The lowest BCUT2D eigenvalue weighted by atomic mass is 10.2. The number of ether oxygens (including phenoxy) is 1. The third kappa shape index (κ3) is 3.51. The zero-order valence-corrected chi connectivity index (χ0v) is 14.1. The van der Waals surface area contributed by atoms with E-state index in [9.17, 15) is 4.79 Å². The Kier molecular flexibility index (Phi) is 4.88. The van der Waals surface area contributed by atoms with Crippen molar-refractivity contribution < 1.29 is 9.53 Å². The van der Waals surface area contributed by atoms with Gasteiger partial charge in [0.25, 0.3) is 0 Å². The lowest BCUT2D eigenvalue weighted by molar-refractivity contribution is -0.118. The number of carbonyl (C=O) groups is 1. The van der Waals surface area contributed by atoms with Crippen LogP contribution in [-0.2, 0) is 22.4 Å². The van der Waals surface area contributed by atoms with Crippen LogP contribution >= 0.6 is 11.5 Å². The molecule has 1 atom stereocenters. The second-order valence-electron chi connectivity index (χ2n) is 5.49. The number of amides is 1. The SMILES string of the molecule is COCCc1nsc(N[C@H](C)C(=O)N2CCc3ccccc32)n1. The van der Waals surface area contributed by atoms with Gasteiger partial charge >= 0.3 is 0 Å². The van der Waals surface area contributed by atoms with Crippen LogP contribution in [0, 0.1) is 0 Å². The van der Waals surface area contributed by atoms with E-state index in [1.807, 2.05) is 30.0 Å². The second kappa shape index (κ2) is 7.06. The molecule has 0 saturated carbocycles. The van der Waals surface area contributed by atoms with Crippen molar-refractivity contribution in [2.24, 2.45) is 0 Å². The molecule has 122 valence electrons. The van der Waals surface area contributed by atoms with Crippen molar-refractivity contribution in [3.63, 3.8) is 0 Å². The highest BCUT2D eigenvalue weighted by atomic mass is 32.1. The smallest absolute Gasteiger partial charge is 0.249 e. The molecule has 2 aromatic rings.